The Hall–Kier alpha value is -4.93. The van der Waals surface area contributed by atoms with Gasteiger partial charge in [0.05, 0.1) is 4.90 Å². The Bertz CT molecular complexity index is 1690. The van der Waals surface area contributed by atoms with Gasteiger partial charge < -0.3 is 14.9 Å². The molecule has 234 valence electrons. The number of aryl methyl sites for hydroxylation is 1. The van der Waals surface area contributed by atoms with Gasteiger partial charge in [0.2, 0.25) is 0 Å². The summed E-state index contributed by atoms with van der Waals surface area (Å²) in [5.74, 6) is -1.48. The number of carbonyl (C=O) groups is 2. The quantitative estimate of drug-likeness (QED) is 0.133. The normalized spacial score (nSPS) is 12.2. The number of carboxylic acids is 2. The van der Waals surface area contributed by atoms with E-state index in [1.165, 1.54) is 0 Å². The van der Waals surface area contributed by atoms with Crippen LogP contribution in [-0.2, 0) is 32.8 Å². The van der Waals surface area contributed by atoms with Crippen LogP contribution in [0.2, 0.25) is 0 Å². The fourth-order valence-corrected chi connectivity index (χ4v) is 5.67. The number of ether oxygens (including phenoxy) is 1. The molecule has 0 heterocycles. The zero-order valence-corrected chi connectivity index (χ0v) is 25.7. The molecule has 0 aliphatic rings. The topological polar surface area (TPSA) is 133 Å². The highest BCUT2D eigenvalue weighted by atomic mass is 32.2. The monoisotopic (exact) mass is 628 g/mol. The average Bonchev–Trinajstić information content (AvgIpc) is 3.02. The number of carboxylic acid groups (broad SMARTS) is 2. The molecule has 0 fully saturated rings. The van der Waals surface area contributed by atoms with Crippen LogP contribution in [0.5, 0.6) is 5.75 Å². The lowest BCUT2D eigenvalue weighted by Crippen LogP contribution is -2.41. The second-order valence-corrected chi connectivity index (χ2v) is 12.3. The summed E-state index contributed by atoms with van der Waals surface area (Å²) in [6, 6.07) is 29.5. The van der Waals surface area contributed by atoms with Crippen LogP contribution in [0.4, 0.5) is 5.69 Å². The number of nitrogens with zero attached hydrogens (tertiary/aromatic N) is 1. The smallest absolute Gasteiger partial charge is 0.320 e. The molecular weight excluding hydrogens is 592 g/mol. The van der Waals surface area contributed by atoms with E-state index >= 15 is 0 Å². The van der Waals surface area contributed by atoms with E-state index in [9.17, 15) is 28.2 Å². The van der Waals surface area contributed by atoms with Crippen molar-refractivity contribution in [1.29, 1.82) is 0 Å². The molecule has 0 aliphatic carbocycles. The Morgan fingerprint density at radius 1 is 0.867 bits per heavy atom. The number of rotatable bonds is 16. The predicted molar refractivity (Wildman–Crippen MR) is 173 cm³/mol. The standard InChI is InChI=1S/C35H36N2O7S/c1-26-9-19-32(20-10-26)45(42,43)36-30-15-11-27(12-16-30)8-5-23-37(33(35(40)41)21-22-34(38)39)24-28-13-17-31(18-14-28)44-25-29-6-3-2-4-7-29/h2-20,33,36H,21-25H2,1H3,(H,38,39)(H,40,41)/b8-5+/t33-/m0/s1. The maximum atomic E-state index is 12.7. The van der Waals surface area contributed by atoms with Crippen molar-refractivity contribution in [3.63, 3.8) is 0 Å². The molecule has 4 aromatic carbocycles. The number of aliphatic carboxylic acids is 2. The fourth-order valence-electron chi connectivity index (χ4n) is 4.61. The van der Waals surface area contributed by atoms with Gasteiger partial charge in [-0.1, -0.05) is 84.4 Å². The number of nitrogens with one attached hydrogen (secondary N) is 1. The van der Waals surface area contributed by atoms with Crippen molar-refractivity contribution >= 4 is 33.7 Å². The van der Waals surface area contributed by atoms with Crippen LogP contribution in [0.1, 0.15) is 35.1 Å². The molecule has 0 bridgehead atoms. The van der Waals surface area contributed by atoms with Crippen LogP contribution >= 0.6 is 0 Å². The first-order valence-electron chi connectivity index (χ1n) is 14.4. The van der Waals surface area contributed by atoms with E-state index in [4.69, 9.17) is 4.74 Å². The first-order chi connectivity index (χ1) is 21.6. The molecule has 1 atom stereocenters. The van der Waals surface area contributed by atoms with E-state index in [-0.39, 0.29) is 30.8 Å². The van der Waals surface area contributed by atoms with Crippen molar-refractivity contribution in [1.82, 2.24) is 4.90 Å². The van der Waals surface area contributed by atoms with Crippen molar-refractivity contribution in [2.24, 2.45) is 0 Å². The highest BCUT2D eigenvalue weighted by Gasteiger charge is 2.26. The number of benzene rings is 4. The van der Waals surface area contributed by atoms with Gasteiger partial charge in [-0.25, -0.2) is 8.42 Å². The molecule has 4 rings (SSSR count). The van der Waals surface area contributed by atoms with E-state index in [0.29, 0.717) is 18.0 Å². The van der Waals surface area contributed by atoms with Crippen LogP contribution in [0.3, 0.4) is 0 Å². The van der Waals surface area contributed by atoms with Gasteiger partial charge in [-0.2, -0.15) is 0 Å². The summed E-state index contributed by atoms with van der Waals surface area (Å²) in [6.45, 7) is 2.82. The minimum Gasteiger partial charge on any atom is -0.489 e. The third kappa shape index (κ3) is 10.3. The summed E-state index contributed by atoms with van der Waals surface area (Å²) in [7, 11) is -3.73. The summed E-state index contributed by atoms with van der Waals surface area (Å²) >= 11 is 0. The van der Waals surface area contributed by atoms with Crippen LogP contribution in [-0.4, -0.2) is 48.1 Å². The number of sulfonamides is 1. The first kappa shape index (κ1) is 33.0. The lowest BCUT2D eigenvalue weighted by atomic mass is 10.1. The summed E-state index contributed by atoms with van der Waals surface area (Å²) in [5, 5.41) is 19.1. The Morgan fingerprint density at radius 2 is 1.53 bits per heavy atom. The zero-order valence-electron chi connectivity index (χ0n) is 24.9. The molecule has 0 unspecified atom stereocenters. The molecule has 0 amide bonds. The third-order valence-electron chi connectivity index (χ3n) is 7.06. The summed E-state index contributed by atoms with van der Waals surface area (Å²) < 4.78 is 33.8. The number of hydrogen-bond donors (Lipinski definition) is 3. The van der Waals surface area contributed by atoms with Crippen LogP contribution in [0.25, 0.3) is 6.08 Å². The van der Waals surface area contributed by atoms with E-state index in [0.717, 1.165) is 22.3 Å². The highest BCUT2D eigenvalue weighted by Crippen LogP contribution is 2.20. The Labute approximate surface area is 263 Å². The van der Waals surface area contributed by atoms with Gasteiger partial charge in [-0.3, -0.25) is 19.2 Å². The summed E-state index contributed by atoms with van der Waals surface area (Å²) in [4.78, 5) is 25.3. The van der Waals surface area contributed by atoms with Crippen molar-refractivity contribution in [3.05, 3.63) is 131 Å². The van der Waals surface area contributed by atoms with Gasteiger partial charge in [0.1, 0.15) is 18.4 Å². The van der Waals surface area contributed by atoms with E-state index in [2.05, 4.69) is 4.72 Å². The summed E-state index contributed by atoms with van der Waals surface area (Å²) in [6.07, 6.45) is 3.29. The van der Waals surface area contributed by atoms with Crippen molar-refractivity contribution in [3.8, 4) is 5.75 Å². The third-order valence-corrected chi connectivity index (χ3v) is 8.46. The van der Waals surface area contributed by atoms with Gasteiger partial charge in [0.25, 0.3) is 10.0 Å². The number of anilines is 1. The average molecular weight is 629 g/mol. The molecular formula is C35H36N2O7S. The SMILES string of the molecule is Cc1ccc(S(=O)(=O)Nc2ccc(/C=C/CN(Cc3ccc(OCc4ccccc4)cc3)[C@@H](CCC(=O)O)C(=O)O)cc2)cc1. The van der Waals surface area contributed by atoms with Gasteiger partial charge >= 0.3 is 11.9 Å². The molecule has 9 nitrogen and oxygen atoms in total. The lowest BCUT2D eigenvalue weighted by Gasteiger charge is -2.27. The predicted octanol–water partition coefficient (Wildman–Crippen LogP) is 6.21. The molecule has 10 heteroatoms. The van der Waals surface area contributed by atoms with Crippen molar-refractivity contribution in [2.45, 2.75) is 43.9 Å². The second-order valence-electron chi connectivity index (χ2n) is 10.6. The molecule has 0 spiro atoms. The van der Waals surface area contributed by atoms with Gasteiger partial charge in [0, 0.05) is 25.2 Å². The fraction of sp³-hybridized carbons (Fsp3) is 0.200. The molecule has 0 radical (unpaired) electrons. The van der Waals surface area contributed by atoms with E-state index in [1.54, 1.807) is 59.5 Å². The maximum Gasteiger partial charge on any atom is 0.320 e. The Kier molecular flexibility index (Phi) is 11.5. The summed E-state index contributed by atoms with van der Waals surface area (Å²) in [5.41, 5.74) is 4.04. The lowest BCUT2D eigenvalue weighted by molar-refractivity contribution is -0.144. The number of hydrogen-bond acceptors (Lipinski definition) is 6. The van der Waals surface area contributed by atoms with Crippen LogP contribution < -0.4 is 9.46 Å². The van der Waals surface area contributed by atoms with Crippen molar-refractivity contribution in [2.75, 3.05) is 11.3 Å². The first-order valence-corrected chi connectivity index (χ1v) is 15.9. The molecule has 0 saturated heterocycles. The minimum atomic E-state index is -3.73. The van der Waals surface area contributed by atoms with Crippen LogP contribution in [0.15, 0.2) is 114 Å². The Morgan fingerprint density at radius 3 is 2.16 bits per heavy atom. The van der Waals surface area contributed by atoms with Gasteiger partial charge in [-0.15, -0.1) is 0 Å². The van der Waals surface area contributed by atoms with Crippen molar-refractivity contribution < 1.29 is 33.0 Å². The van der Waals surface area contributed by atoms with E-state index < -0.39 is 28.0 Å². The zero-order chi connectivity index (χ0) is 32.2. The van der Waals surface area contributed by atoms with E-state index in [1.807, 2.05) is 67.6 Å². The molecule has 3 N–H and O–H groups in total. The van der Waals surface area contributed by atoms with Crippen LogP contribution in [0, 0.1) is 6.92 Å². The van der Waals surface area contributed by atoms with Gasteiger partial charge in [0.15, 0.2) is 0 Å². The maximum absolute atomic E-state index is 12.7. The van der Waals surface area contributed by atoms with Gasteiger partial charge in [-0.05, 0) is 66.4 Å². The molecule has 45 heavy (non-hydrogen) atoms. The molecule has 0 aliphatic heterocycles. The minimum absolute atomic E-state index is 0.0490. The largest absolute Gasteiger partial charge is 0.489 e. The molecule has 4 aromatic rings. The highest BCUT2D eigenvalue weighted by molar-refractivity contribution is 7.92. The Balaban J connectivity index is 1.42. The second kappa shape index (κ2) is 15.7. The molecule has 0 aromatic heterocycles. The molecule has 0 saturated carbocycles.